The Morgan fingerprint density at radius 1 is 0.808 bits per heavy atom. The first kappa shape index (κ1) is 17.8. The minimum atomic E-state index is -0.158. The summed E-state index contributed by atoms with van der Waals surface area (Å²) >= 11 is 0. The molecule has 0 saturated carbocycles. The standard InChI is InChI=1S/C19H19N3O4/c1-25-17-6-5-13(8-18(17)26-2)19-20-9-16(21-22-19)12-3-4-14(10-23)15(7-12)11-24/h3-9,23-24H,10-11H2,1-2H3. The summed E-state index contributed by atoms with van der Waals surface area (Å²) < 4.78 is 10.5. The number of aliphatic hydroxyl groups is 2. The molecular weight excluding hydrogens is 334 g/mol. The van der Waals surface area contributed by atoms with Crippen LogP contribution in [0.2, 0.25) is 0 Å². The van der Waals surface area contributed by atoms with E-state index in [4.69, 9.17) is 9.47 Å². The Balaban J connectivity index is 1.92. The summed E-state index contributed by atoms with van der Waals surface area (Å²) in [5.74, 6) is 1.68. The molecule has 0 aliphatic carbocycles. The largest absolute Gasteiger partial charge is 0.493 e. The Kier molecular flexibility index (Phi) is 5.40. The molecule has 0 unspecified atom stereocenters. The van der Waals surface area contributed by atoms with Gasteiger partial charge in [0, 0.05) is 11.1 Å². The lowest BCUT2D eigenvalue weighted by Crippen LogP contribution is -1.98. The van der Waals surface area contributed by atoms with Crippen LogP contribution in [0.3, 0.4) is 0 Å². The van der Waals surface area contributed by atoms with Crippen LogP contribution in [0.4, 0.5) is 0 Å². The molecule has 7 heteroatoms. The van der Waals surface area contributed by atoms with E-state index in [9.17, 15) is 10.2 Å². The smallest absolute Gasteiger partial charge is 0.181 e. The highest BCUT2D eigenvalue weighted by atomic mass is 16.5. The van der Waals surface area contributed by atoms with Crippen molar-refractivity contribution in [2.75, 3.05) is 14.2 Å². The van der Waals surface area contributed by atoms with Gasteiger partial charge in [0.2, 0.25) is 0 Å². The first-order valence-corrected chi connectivity index (χ1v) is 7.96. The fraction of sp³-hybridized carbons (Fsp3) is 0.211. The van der Waals surface area contributed by atoms with Gasteiger partial charge >= 0.3 is 0 Å². The van der Waals surface area contributed by atoms with Gasteiger partial charge in [-0.05, 0) is 35.4 Å². The second-order valence-electron chi connectivity index (χ2n) is 5.54. The van der Waals surface area contributed by atoms with Crippen LogP contribution in [0.1, 0.15) is 11.1 Å². The lowest BCUT2D eigenvalue weighted by atomic mass is 10.0. The second-order valence-corrected chi connectivity index (χ2v) is 5.54. The minimum absolute atomic E-state index is 0.127. The monoisotopic (exact) mass is 353 g/mol. The van der Waals surface area contributed by atoms with Crippen LogP contribution in [-0.2, 0) is 13.2 Å². The van der Waals surface area contributed by atoms with Crippen molar-refractivity contribution in [3.05, 3.63) is 53.7 Å². The molecule has 0 spiro atoms. The Morgan fingerprint density at radius 2 is 1.54 bits per heavy atom. The van der Waals surface area contributed by atoms with E-state index in [-0.39, 0.29) is 13.2 Å². The lowest BCUT2D eigenvalue weighted by molar-refractivity contribution is 0.260. The topological polar surface area (TPSA) is 97.6 Å². The van der Waals surface area contributed by atoms with Crippen LogP contribution in [0, 0.1) is 0 Å². The van der Waals surface area contributed by atoms with Gasteiger partial charge < -0.3 is 19.7 Å². The van der Waals surface area contributed by atoms with Crippen molar-refractivity contribution in [3.8, 4) is 34.1 Å². The zero-order valence-corrected chi connectivity index (χ0v) is 14.5. The highest BCUT2D eigenvalue weighted by Crippen LogP contribution is 2.31. The zero-order valence-electron chi connectivity index (χ0n) is 14.5. The number of aromatic nitrogens is 3. The average molecular weight is 353 g/mol. The quantitative estimate of drug-likeness (QED) is 0.701. The molecule has 0 aliphatic heterocycles. The van der Waals surface area contributed by atoms with Gasteiger partial charge in [0.1, 0.15) is 5.69 Å². The van der Waals surface area contributed by atoms with E-state index >= 15 is 0 Å². The summed E-state index contributed by atoms with van der Waals surface area (Å²) in [6.07, 6.45) is 1.62. The number of rotatable bonds is 6. The van der Waals surface area contributed by atoms with Gasteiger partial charge in [-0.25, -0.2) is 4.98 Å². The third-order valence-electron chi connectivity index (χ3n) is 4.05. The highest BCUT2D eigenvalue weighted by molar-refractivity contribution is 5.63. The molecule has 3 rings (SSSR count). The van der Waals surface area contributed by atoms with Gasteiger partial charge in [0.25, 0.3) is 0 Å². The Morgan fingerprint density at radius 3 is 2.15 bits per heavy atom. The maximum absolute atomic E-state index is 9.42. The van der Waals surface area contributed by atoms with Crippen molar-refractivity contribution >= 4 is 0 Å². The summed E-state index contributed by atoms with van der Waals surface area (Å²) in [4.78, 5) is 4.37. The van der Waals surface area contributed by atoms with Gasteiger partial charge in [-0.1, -0.05) is 12.1 Å². The van der Waals surface area contributed by atoms with Crippen molar-refractivity contribution in [1.29, 1.82) is 0 Å². The van der Waals surface area contributed by atoms with E-state index in [2.05, 4.69) is 15.2 Å². The average Bonchev–Trinajstić information content (AvgIpc) is 2.72. The van der Waals surface area contributed by atoms with Gasteiger partial charge in [-0.15, -0.1) is 10.2 Å². The van der Waals surface area contributed by atoms with E-state index < -0.39 is 0 Å². The van der Waals surface area contributed by atoms with E-state index in [1.165, 1.54) is 0 Å². The molecule has 0 bridgehead atoms. The van der Waals surface area contributed by atoms with Crippen molar-refractivity contribution in [2.24, 2.45) is 0 Å². The molecular formula is C19H19N3O4. The van der Waals surface area contributed by atoms with Crippen molar-refractivity contribution in [1.82, 2.24) is 15.2 Å². The second kappa shape index (κ2) is 7.90. The number of hydrogen-bond acceptors (Lipinski definition) is 7. The number of methoxy groups -OCH3 is 2. The molecule has 1 heterocycles. The number of nitrogens with zero attached hydrogens (tertiary/aromatic N) is 3. The molecule has 2 aromatic carbocycles. The number of hydrogen-bond donors (Lipinski definition) is 2. The zero-order chi connectivity index (χ0) is 18.5. The molecule has 0 fully saturated rings. The Labute approximate surface area is 150 Å². The van der Waals surface area contributed by atoms with Crippen LogP contribution < -0.4 is 9.47 Å². The molecule has 26 heavy (non-hydrogen) atoms. The molecule has 0 amide bonds. The van der Waals surface area contributed by atoms with E-state index in [1.807, 2.05) is 12.1 Å². The third kappa shape index (κ3) is 3.49. The first-order valence-electron chi connectivity index (χ1n) is 7.96. The van der Waals surface area contributed by atoms with Crippen LogP contribution in [0.5, 0.6) is 11.5 Å². The summed E-state index contributed by atoms with van der Waals surface area (Å²) in [6, 6.07) is 10.7. The first-order chi connectivity index (χ1) is 12.7. The fourth-order valence-corrected chi connectivity index (χ4v) is 2.60. The van der Waals surface area contributed by atoms with Crippen LogP contribution in [0.25, 0.3) is 22.6 Å². The molecule has 0 atom stereocenters. The predicted molar refractivity (Wildman–Crippen MR) is 95.6 cm³/mol. The van der Waals surface area contributed by atoms with Gasteiger partial charge in [0.05, 0.1) is 33.6 Å². The minimum Gasteiger partial charge on any atom is -0.493 e. The molecule has 3 aromatic rings. The predicted octanol–water partition coefficient (Wildman–Crippen LogP) is 2.21. The number of aliphatic hydroxyl groups excluding tert-OH is 2. The maximum atomic E-state index is 9.42. The molecule has 1 aromatic heterocycles. The summed E-state index contributed by atoms with van der Waals surface area (Å²) in [7, 11) is 3.14. The molecule has 134 valence electrons. The van der Waals surface area contributed by atoms with Crippen LogP contribution in [0.15, 0.2) is 42.6 Å². The Hall–Kier alpha value is -3.03. The maximum Gasteiger partial charge on any atom is 0.181 e. The summed E-state index contributed by atoms with van der Waals surface area (Å²) in [5, 5.41) is 27.1. The van der Waals surface area contributed by atoms with Crippen LogP contribution >= 0.6 is 0 Å². The molecule has 0 aliphatic rings. The molecule has 0 saturated heterocycles. The molecule has 0 radical (unpaired) electrons. The fourth-order valence-electron chi connectivity index (χ4n) is 2.60. The van der Waals surface area contributed by atoms with Gasteiger partial charge in [0.15, 0.2) is 17.3 Å². The summed E-state index contributed by atoms with van der Waals surface area (Å²) in [6.45, 7) is -0.285. The van der Waals surface area contributed by atoms with Gasteiger partial charge in [-0.3, -0.25) is 0 Å². The van der Waals surface area contributed by atoms with Crippen molar-refractivity contribution < 1.29 is 19.7 Å². The SMILES string of the molecule is COc1ccc(-c2ncc(-c3ccc(CO)c(CO)c3)nn2)cc1OC. The number of ether oxygens (including phenoxy) is 2. The van der Waals surface area contributed by atoms with Crippen molar-refractivity contribution in [3.63, 3.8) is 0 Å². The van der Waals surface area contributed by atoms with Crippen LogP contribution in [-0.4, -0.2) is 39.6 Å². The van der Waals surface area contributed by atoms with E-state index in [0.717, 1.165) is 11.1 Å². The number of benzene rings is 2. The van der Waals surface area contributed by atoms with Crippen molar-refractivity contribution in [2.45, 2.75) is 13.2 Å². The lowest BCUT2D eigenvalue weighted by Gasteiger charge is -2.09. The molecule has 7 nitrogen and oxygen atoms in total. The third-order valence-corrected chi connectivity index (χ3v) is 4.05. The Bertz CT molecular complexity index is 823. The summed E-state index contributed by atoms with van der Waals surface area (Å²) in [5.41, 5.74) is 3.43. The molecule has 2 N–H and O–H groups in total. The van der Waals surface area contributed by atoms with E-state index in [0.29, 0.717) is 34.1 Å². The van der Waals surface area contributed by atoms with Gasteiger partial charge in [-0.2, -0.15) is 0 Å². The normalized spacial score (nSPS) is 10.6. The highest BCUT2D eigenvalue weighted by Gasteiger charge is 2.10. The van der Waals surface area contributed by atoms with E-state index in [1.54, 1.807) is 44.7 Å².